The minimum Gasteiger partial charge on any atom is -0.445 e. The van der Waals surface area contributed by atoms with Gasteiger partial charge in [-0.05, 0) is 42.9 Å². The van der Waals surface area contributed by atoms with Crippen molar-refractivity contribution in [2.45, 2.75) is 63.2 Å². The third kappa shape index (κ3) is 5.24. The summed E-state index contributed by atoms with van der Waals surface area (Å²) in [6, 6.07) is 4.40. The number of hydrogen-bond donors (Lipinski definition) is 2. The Labute approximate surface area is 239 Å². The van der Waals surface area contributed by atoms with Gasteiger partial charge in [-0.3, -0.25) is 19.7 Å². The summed E-state index contributed by atoms with van der Waals surface area (Å²) in [6.45, 7) is -0.472. The highest BCUT2D eigenvalue weighted by Crippen LogP contribution is 2.46. The molecule has 42 heavy (non-hydrogen) atoms. The normalized spacial score (nSPS) is 22.0. The fourth-order valence-electron chi connectivity index (χ4n) is 5.63. The number of piperidine rings is 1. The van der Waals surface area contributed by atoms with Crippen LogP contribution in [0.2, 0.25) is 0 Å². The van der Waals surface area contributed by atoms with E-state index in [0.717, 1.165) is 0 Å². The number of fused-ring (bicyclic) bond motifs is 2. The van der Waals surface area contributed by atoms with Gasteiger partial charge in [0.05, 0.1) is 21.3 Å². The predicted molar refractivity (Wildman–Crippen MR) is 138 cm³/mol. The summed E-state index contributed by atoms with van der Waals surface area (Å²) < 4.78 is 64.3. The molecule has 6 rings (SSSR count). The Hall–Kier alpha value is -4.27. The molecule has 220 valence electrons. The summed E-state index contributed by atoms with van der Waals surface area (Å²) >= 11 is 1.29. The third-order valence-corrected chi connectivity index (χ3v) is 8.46. The Morgan fingerprint density at radius 1 is 1.17 bits per heavy atom. The van der Waals surface area contributed by atoms with E-state index in [2.05, 4.69) is 20.4 Å². The van der Waals surface area contributed by atoms with E-state index in [1.54, 1.807) is 0 Å². The van der Waals surface area contributed by atoms with Crippen molar-refractivity contribution in [3.8, 4) is 5.75 Å². The Bertz CT molecular complexity index is 1620. The van der Waals surface area contributed by atoms with Crippen LogP contribution < -0.4 is 15.4 Å². The predicted octanol–water partition coefficient (Wildman–Crippen LogP) is 4.27. The van der Waals surface area contributed by atoms with Gasteiger partial charge in [-0.2, -0.15) is 0 Å². The molecule has 1 aliphatic carbocycles. The monoisotopic (exact) mass is 606 g/mol. The quantitative estimate of drug-likeness (QED) is 0.317. The Morgan fingerprint density at radius 2 is 1.95 bits per heavy atom. The maximum atomic E-state index is 15.3. The van der Waals surface area contributed by atoms with Gasteiger partial charge < -0.3 is 19.7 Å². The fraction of sp³-hybridized carbons (Fsp3) is 0.370. The van der Waals surface area contributed by atoms with Gasteiger partial charge in [0.1, 0.15) is 24.2 Å². The molecule has 3 aliphatic rings. The number of hydrogen-bond acceptors (Lipinski definition) is 8. The number of alkyl carbamates (subject to hydrolysis) is 1. The van der Waals surface area contributed by atoms with E-state index in [1.165, 1.54) is 46.0 Å². The molecule has 1 atom stereocenters. The summed E-state index contributed by atoms with van der Waals surface area (Å²) in [4.78, 5) is 54.5. The number of nitrogens with one attached hydrogen (secondary N) is 2. The molecule has 1 saturated heterocycles. The van der Waals surface area contributed by atoms with E-state index in [9.17, 15) is 32.3 Å². The average Bonchev–Trinajstić information content (AvgIpc) is 3.50. The molecule has 0 spiro atoms. The van der Waals surface area contributed by atoms with Crippen LogP contribution in [0.5, 0.6) is 5.75 Å². The molecule has 3 aromatic rings. The van der Waals surface area contributed by atoms with Crippen LogP contribution in [0.3, 0.4) is 0 Å². The topological polar surface area (TPSA) is 127 Å². The Kier molecular flexibility index (Phi) is 6.99. The second-order valence-electron chi connectivity index (χ2n) is 10.3. The van der Waals surface area contributed by atoms with Crippen molar-refractivity contribution in [3.63, 3.8) is 0 Å². The van der Waals surface area contributed by atoms with Crippen LogP contribution in [0.25, 0.3) is 10.2 Å². The number of carbonyl (C=O) groups is 4. The van der Waals surface area contributed by atoms with Gasteiger partial charge in [-0.25, -0.2) is 14.2 Å². The largest absolute Gasteiger partial charge is 0.573 e. The van der Waals surface area contributed by atoms with Gasteiger partial charge >= 0.3 is 12.5 Å². The molecule has 0 bridgehead atoms. The molecule has 1 unspecified atom stereocenters. The van der Waals surface area contributed by atoms with Gasteiger partial charge in [-0.1, -0.05) is 12.1 Å². The Morgan fingerprint density at radius 3 is 2.69 bits per heavy atom. The molecule has 2 aromatic carbocycles. The van der Waals surface area contributed by atoms with Gasteiger partial charge in [0.15, 0.2) is 0 Å². The molecule has 4 amide bonds. The number of amides is 4. The first kappa shape index (κ1) is 27.9. The van der Waals surface area contributed by atoms with Crippen LogP contribution >= 0.6 is 11.3 Å². The number of carbonyl (C=O) groups excluding carboxylic acids is 4. The molecule has 10 nitrogen and oxygen atoms in total. The maximum Gasteiger partial charge on any atom is 0.573 e. The highest BCUT2D eigenvalue weighted by atomic mass is 32.1. The highest BCUT2D eigenvalue weighted by molar-refractivity contribution is 7.16. The number of imide groups is 1. The molecular weight excluding hydrogens is 584 g/mol. The van der Waals surface area contributed by atoms with Crippen LogP contribution in [-0.2, 0) is 27.5 Å². The van der Waals surface area contributed by atoms with E-state index in [4.69, 9.17) is 4.74 Å². The van der Waals surface area contributed by atoms with Gasteiger partial charge in [0.25, 0.3) is 5.91 Å². The number of thiazole rings is 1. The SMILES string of the molecule is O=C1CCC(N2Cc3ccc(COC(=O)NC4CC(c5c(OC(F)(F)F)ccc6scnc56)C4)c(F)c3C2=O)C(=O)N1. The van der Waals surface area contributed by atoms with Crippen molar-refractivity contribution in [2.24, 2.45) is 0 Å². The minimum absolute atomic E-state index is 0.00613. The molecule has 3 heterocycles. The lowest BCUT2D eigenvalue weighted by Crippen LogP contribution is -2.52. The number of rotatable bonds is 6. The first-order valence-electron chi connectivity index (χ1n) is 13.0. The zero-order valence-electron chi connectivity index (χ0n) is 21.6. The number of ether oxygens (including phenoxy) is 2. The van der Waals surface area contributed by atoms with E-state index in [1.807, 2.05) is 0 Å². The molecule has 15 heteroatoms. The molecule has 2 fully saturated rings. The summed E-state index contributed by atoms with van der Waals surface area (Å²) in [5, 5.41) is 4.81. The molecule has 2 aliphatic heterocycles. The molecule has 0 radical (unpaired) electrons. The fourth-order valence-corrected chi connectivity index (χ4v) is 6.32. The van der Waals surface area contributed by atoms with Crippen molar-refractivity contribution in [2.75, 3.05) is 0 Å². The number of benzene rings is 2. The lowest BCUT2D eigenvalue weighted by molar-refractivity contribution is -0.275. The zero-order valence-corrected chi connectivity index (χ0v) is 22.4. The average molecular weight is 607 g/mol. The third-order valence-electron chi connectivity index (χ3n) is 7.66. The van der Waals surface area contributed by atoms with Crippen molar-refractivity contribution >= 4 is 45.4 Å². The van der Waals surface area contributed by atoms with E-state index >= 15 is 4.39 Å². The number of aromatic nitrogens is 1. The van der Waals surface area contributed by atoms with Crippen molar-refractivity contribution in [3.05, 3.63) is 57.8 Å². The van der Waals surface area contributed by atoms with Crippen LogP contribution in [0.15, 0.2) is 29.8 Å². The molecular formula is C27H22F4N4O6S. The smallest absolute Gasteiger partial charge is 0.445 e. The molecule has 2 N–H and O–H groups in total. The van der Waals surface area contributed by atoms with Crippen LogP contribution in [0.4, 0.5) is 22.4 Å². The summed E-state index contributed by atoms with van der Waals surface area (Å²) in [7, 11) is 0. The van der Waals surface area contributed by atoms with E-state index < -0.39 is 54.7 Å². The van der Waals surface area contributed by atoms with Crippen molar-refractivity contribution in [1.82, 2.24) is 20.5 Å². The van der Waals surface area contributed by atoms with Crippen molar-refractivity contribution in [1.29, 1.82) is 0 Å². The standard InChI is InChI=1S/C27H22F4N4O6S/c28-22-13(2-1-12-9-35(25(38)21(12)22)16-3-6-19(36)34-24(16)37)10-40-26(39)33-15-7-14(8-15)20-17(41-27(29,30)31)4-5-18-23(20)32-11-42-18/h1-2,4-5,11,14-16H,3,6-10H2,(H,33,39)(H,34,36,37). The first-order chi connectivity index (χ1) is 20.0. The second-order valence-corrected chi connectivity index (χ2v) is 11.2. The van der Waals surface area contributed by atoms with Crippen molar-refractivity contribution < 1.29 is 46.2 Å². The number of nitrogens with zero attached hydrogens (tertiary/aromatic N) is 2. The molecule has 1 saturated carbocycles. The van der Waals surface area contributed by atoms with Gasteiger partial charge in [0.2, 0.25) is 11.8 Å². The lowest BCUT2D eigenvalue weighted by atomic mass is 9.75. The number of alkyl halides is 3. The minimum atomic E-state index is -4.87. The van der Waals surface area contributed by atoms with E-state index in [0.29, 0.717) is 34.2 Å². The summed E-state index contributed by atoms with van der Waals surface area (Å²) in [5.74, 6) is -3.27. The van der Waals surface area contributed by atoms with Gasteiger partial charge in [0, 0.05) is 30.1 Å². The van der Waals surface area contributed by atoms with E-state index in [-0.39, 0.29) is 42.2 Å². The maximum absolute atomic E-state index is 15.3. The Balaban J connectivity index is 1.06. The number of halogens is 4. The van der Waals surface area contributed by atoms with Gasteiger partial charge in [-0.15, -0.1) is 24.5 Å². The lowest BCUT2D eigenvalue weighted by Gasteiger charge is -2.36. The first-order valence-corrected chi connectivity index (χ1v) is 13.9. The second kappa shape index (κ2) is 10.5. The van der Waals surface area contributed by atoms with Crippen LogP contribution in [-0.4, -0.2) is 52.1 Å². The summed E-state index contributed by atoms with van der Waals surface area (Å²) in [5.41, 5.74) is 2.41. The zero-order chi connectivity index (χ0) is 29.8. The van der Waals surface area contributed by atoms with Crippen LogP contribution in [0.1, 0.15) is 58.6 Å². The molecule has 1 aromatic heterocycles. The van der Waals surface area contributed by atoms with Crippen LogP contribution in [0, 0.1) is 5.82 Å². The highest BCUT2D eigenvalue weighted by Gasteiger charge is 2.41. The summed E-state index contributed by atoms with van der Waals surface area (Å²) in [6.07, 6.45) is -4.88.